The van der Waals surface area contributed by atoms with Gasteiger partial charge in [-0.05, 0) is 38.5 Å². The van der Waals surface area contributed by atoms with Crippen molar-refractivity contribution < 1.29 is 20.1 Å². The van der Waals surface area contributed by atoms with E-state index in [2.05, 4.69) is 31.3 Å². The molecule has 0 heterocycles. The number of hydrogen-bond acceptors (Lipinski definition) is 4. The highest BCUT2D eigenvalue weighted by atomic mass is 16.3. The highest BCUT2D eigenvalue weighted by Gasteiger charge is 2.21. The minimum absolute atomic E-state index is 0.0330. The Kier molecular flexibility index (Phi) is 33.3. The van der Waals surface area contributed by atoms with Crippen LogP contribution in [0.4, 0.5) is 0 Å². The van der Waals surface area contributed by atoms with Gasteiger partial charge in [0.05, 0.1) is 31.3 Å². The first kappa shape index (κ1) is 42.1. The largest absolute Gasteiger partial charge is 0.394 e. The molecule has 5 nitrogen and oxygen atoms in total. The van der Waals surface area contributed by atoms with Gasteiger partial charge in [0.15, 0.2) is 0 Å². The van der Waals surface area contributed by atoms with Crippen molar-refractivity contribution in [1.82, 2.24) is 5.32 Å². The van der Waals surface area contributed by atoms with Crippen LogP contribution in [0.5, 0.6) is 0 Å². The normalized spacial score (nSPS) is 13.9. The molecule has 0 saturated heterocycles. The van der Waals surface area contributed by atoms with Crippen LogP contribution < -0.4 is 5.32 Å². The van der Waals surface area contributed by atoms with Crippen LogP contribution >= 0.6 is 0 Å². The van der Waals surface area contributed by atoms with Crippen molar-refractivity contribution in [2.24, 2.45) is 0 Å². The van der Waals surface area contributed by atoms with E-state index < -0.39 is 18.2 Å². The maximum Gasteiger partial charge on any atom is 0.222 e. The number of allylic oxidation sites excluding steroid dienone is 2. The van der Waals surface area contributed by atoms with Crippen molar-refractivity contribution in [3.8, 4) is 0 Å². The Morgan fingerprint density at radius 1 is 0.558 bits per heavy atom. The van der Waals surface area contributed by atoms with Crippen molar-refractivity contribution in [1.29, 1.82) is 0 Å². The summed E-state index contributed by atoms with van der Waals surface area (Å²) in [4.78, 5) is 12.4. The summed E-state index contributed by atoms with van der Waals surface area (Å²) in [6.07, 6.45) is 37.4. The second kappa shape index (κ2) is 34.0. The zero-order chi connectivity index (χ0) is 31.6. The number of amides is 1. The first-order chi connectivity index (χ1) is 21.0. The maximum atomic E-state index is 12.4. The number of nitrogens with one attached hydrogen (secondary N) is 1. The molecule has 0 fully saturated rings. The molecule has 0 aromatic heterocycles. The van der Waals surface area contributed by atoms with E-state index in [1.807, 2.05) is 0 Å². The lowest BCUT2D eigenvalue weighted by Crippen LogP contribution is -2.46. The van der Waals surface area contributed by atoms with Gasteiger partial charge in [-0.3, -0.25) is 4.79 Å². The number of aliphatic hydroxyl groups excluding tert-OH is 3. The average Bonchev–Trinajstić information content (AvgIpc) is 3.00. The lowest BCUT2D eigenvalue weighted by atomic mass is 10.0. The van der Waals surface area contributed by atoms with Crippen LogP contribution in [0, 0.1) is 0 Å². The molecule has 0 aromatic rings. The summed E-state index contributed by atoms with van der Waals surface area (Å²) in [5.74, 6) is -0.289. The zero-order valence-corrected chi connectivity index (χ0v) is 28.8. The molecule has 0 aliphatic heterocycles. The van der Waals surface area contributed by atoms with Gasteiger partial charge in [0.2, 0.25) is 5.91 Å². The quantitative estimate of drug-likeness (QED) is 0.0432. The Hall–Kier alpha value is -0.910. The summed E-state index contributed by atoms with van der Waals surface area (Å²) in [5, 5.41) is 33.1. The Bertz CT molecular complexity index is 596. The van der Waals surface area contributed by atoms with Crippen molar-refractivity contribution in [2.45, 2.75) is 218 Å². The summed E-state index contributed by atoms with van der Waals surface area (Å²) >= 11 is 0. The highest BCUT2D eigenvalue weighted by Crippen LogP contribution is 2.15. The van der Waals surface area contributed by atoms with Gasteiger partial charge in [-0.15, -0.1) is 0 Å². The topological polar surface area (TPSA) is 89.8 Å². The van der Waals surface area contributed by atoms with E-state index in [1.165, 1.54) is 135 Å². The predicted octanol–water partition coefficient (Wildman–Crippen LogP) is 10.1. The van der Waals surface area contributed by atoms with Crippen molar-refractivity contribution in [3.05, 3.63) is 12.2 Å². The fraction of sp³-hybridized carbons (Fsp3) is 0.921. The molecule has 43 heavy (non-hydrogen) atoms. The predicted molar refractivity (Wildman–Crippen MR) is 185 cm³/mol. The van der Waals surface area contributed by atoms with Crippen LogP contribution in [0.3, 0.4) is 0 Å². The van der Waals surface area contributed by atoms with Crippen LogP contribution in [0.25, 0.3) is 0 Å². The fourth-order valence-electron chi connectivity index (χ4n) is 5.87. The average molecular weight is 610 g/mol. The second-order valence-corrected chi connectivity index (χ2v) is 13.2. The summed E-state index contributed by atoms with van der Waals surface area (Å²) in [5.41, 5.74) is 0. The smallest absolute Gasteiger partial charge is 0.222 e. The second-order valence-electron chi connectivity index (χ2n) is 13.2. The first-order valence-electron chi connectivity index (χ1n) is 19.0. The van der Waals surface area contributed by atoms with Crippen molar-refractivity contribution in [2.75, 3.05) is 6.61 Å². The number of carbonyl (C=O) groups is 1. The molecule has 4 N–H and O–H groups in total. The highest BCUT2D eigenvalue weighted by molar-refractivity contribution is 5.76. The molecule has 0 radical (unpaired) electrons. The van der Waals surface area contributed by atoms with E-state index in [-0.39, 0.29) is 18.9 Å². The zero-order valence-electron chi connectivity index (χ0n) is 28.8. The Balaban J connectivity index is 3.65. The van der Waals surface area contributed by atoms with E-state index in [4.69, 9.17) is 0 Å². The molecule has 5 heteroatoms. The third-order valence-electron chi connectivity index (χ3n) is 8.83. The molecule has 0 aliphatic carbocycles. The lowest BCUT2D eigenvalue weighted by Gasteiger charge is -2.23. The van der Waals surface area contributed by atoms with Gasteiger partial charge >= 0.3 is 0 Å². The monoisotopic (exact) mass is 610 g/mol. The molecular formula is C38H75NO4. The Labute approximate surface area is 268 Å². The Morgan fingerprint density at radius 3 is 1.35 bits per heavy atom. The van der Waals surface area contributed by atoms with Gasteiger partial charge < -0.3 is 20.6 Å². The van der Waals surface area contributed by atoms with Gasteiger partial charge in [-0.25, -0.2) is 0 Å². The number of rotatable bonds is 34. The van der Waals surface area contributed by atoms with Gasteiger partial charge in [-0.2, -0.15) is 0 Å². The number of carbonyl (C=O) groups excluding carboxylic acids is 1. The van der Waals surface area contributed by atoms with E-state index >= 15 is 0 Å². The first-order valence-corrected chi connectivity index (χ1v) is 19.0. The number of aliphatic hydroxyl groups is 3. The van der Waals surface area contributed by atoms with Crippen LogP contribution in [0.1, 0.15) is 200 Å². The van der Waals surface area contributed by atoms with Gasteiger partial charge in [0.1, 0.15) is 0 Å². The van der Waals surface area contributed by atoms with E-state index in [0.717, 1.165) is 32.1 Å². The van der Waals surface area contributed by atoms with E-state index in [0.29, 0.717) is 12.8 Å². The van der Waals surface area contributed by atoms with Crippen LogP contribution in [0.15, 0.2) is 12.2 Å². The summed E-state index contributed by atoms with van der Waals surface area (Å²) < 4.78 is 0. The van der Waals surface area contributed by atoms with Gasteiger partial charge in [0, 0.05) is 0 Å². The molecule has 0 saturated carbocycles. The standard InChI is InChI=1S/C38H75NO4/c1-3-5-7-9-11-13-15-16-17-18-19-20-21-22-23-25-27-29-31-35(41)33-38(43)39-36(34-40)37(42)32-30-28-26-24-14-12-10-8-6-4-2/h19-20,35-37,40-42H,3-18,21-34H2,1-2H3,(H,39,43)/b20-19-. The van der Waals surface area contributed by atoms with Crippen molar-refractivity contribution >= 4 is 5.91 Å². The van der Waals surface area contributed by atoms with E-state index in [9.17, 15) is 20.1 Å². The molecule has 3 atom stereocenters. The minimum Gasteiger partial charge on any atom is -0.394 e. The molecule has 0 bridgehead atoms. The fourth-order valence-corrected chi connectivity index (χ4v) is 5.87. The molecular weight excluding hydrogens is 534 g/mol. The van der Waals surface area contributed by atoms with E-state index in [1.54, 1.807) is 0 Å². The SMILES string of the molecule is CCCCCCCCCCC/C=C\CCCCCCCC(O)CC(=O)NC(CO)C(O)CCCCCCCCCCCC. The summed E-state index contributed by atoms with van der Waals surface area (Å²) in [6.45, 7) is 4.23. The molecule has 0 aromatic carbocycles. The molecule has 1 amide bonds. The molecule has 3 unspecified atom stereocenters. The number of unbranched alkanes of at least 4 members (excludes halogenated alkanes) is 23. The minimum atomic E-state index is -0.745. The Morgan fingerprint density at radius 2 is 0.930 bits per heavy atom. The molecule has 0 aliphatic rings. The summed E-state index contributed by atoms with van der Waals surface area (Å²) in [7, 11) is 0. The molecule has 0 rings (SSSR count). The van der Waals surface area contributed by atoms with Crippen molar-refractivity contribution in [3.63, 3.8) is 0 Å². The molecule has 0 spiro atoms. The van der Waals surface area contributed by atoms with Crippen LogP contribution in [0.2, 0.25) is 0 Å². The van der Waals surface area contributed by atoms with Gasteiger partial charge in [-0.1, -0.05) is 167 Å². The third-order valence-corrected chi connectivity index (χ3v) is 8.83. The third kappa shape index (κ3) is 30.9. The lowest BCUT2D eigenvalue weighted by molar-refractivity contribution is -0.125. The van der Waals surface area contributed by atoms with Gasteiger partial charge in [0.25, 0.3) is 0 Å². The number of hydrogen-bond donors (Lipinski definition) is 4. The summed E-state index contributed by atoms with van der Waals surface area (Å²) in [6, 6.07) is -0.655. The maximum absolute atomic E-state index is 12.4. The molecule has 256 valence electrons. The van der Waals surface area contributed by atoms with Crippen LogP contribution in [-0.2, 0) is 4.79 Å². The van der Waals surface area contributed by atoms with Crippen LogP contribution in [-0.4, -0.2) is 46.1 Å².